The Bertz CT molecular complexity index is 991. The third-order valence-electron chi connectivity index (χ3n) is 4.62. The molecule has 2 aromatic rings. The van der Waals surface area contributed by atoms with Crippen molar-refractivity contribution in [1.82, 2.24) is 0 Å². The number of carbonyl (C=O) groups excluding carboxylic acids is 2. The van der Waals surface area contributed by atoms with Gasteiger partial charge in [0.1, 0.15) is 5.75 Å². The fourth-order valence-electron chi connectivity index (χ4n) is 3.38. The molecule has 1 heterocycles. The van der Waals surface area contributed by atoms with Gasteiger partial charge in [-0.2, -0.15) is 0 Å². The number of methoxy groups -OCH3 is 1. The summed E-state index contributed by atoms with van der Waals surface area (Å²) in [6, 6.07) is 11.4. The van der Waals surface area contributed by atoms with E-state index in [1.54, 1.807) is 13.2 Å². The van der Waals surface area contributed by atoms with Crippen molar-refractivity contribution in [3.8, 4) is 5.75 Å². The number of nitrogens with zero attached hydrogens (tertiary/aromatic N) is 1. The fourth-order valence-corrected chi connectivity index (χ4v) is 4.36. The molecule has 2 amide bonds. The van der Waals surface area contributed by atoms with Gasteiger partial charge in [-0.15, -0.1) is 11.8 Å². The molecule has 146 valence electrons. The van der Waals surface area contributed by atoms with Crippen molar-refractivity contribution >= 4 is 34.8 Å². The van der Waals surface area contributed by atoms with Gasteiger partial charge in [-0.25, -0.2) is 4.90 Å². The van der Waals surface area contributed by atoms with E-state index in [0.29, 0.717) is 21.9 Å². The van der Waals surface area contributed by atoms with Gasteiger partial charge in [-0.3, -0.25) is 9.59 Å². The average molecular weight is 396 g/mol. The lowest BCUT2D eigenvalue weighted by molar-refractivity contribution is -0.119. The zero-order valence-corrected chi connectivity index (χ0v) is 17.9. The Balaban J connectivity index is 2.19. The first-order chi connectivity index (χ1) is 13.2. The third kappa shape index (κ3) is 3.59. The number of imide groups is 1. The highest BCUT2D eigenvalue weighted by molar-refractivity contribution is 8.04. The molecular formula is C23H25NO3S. The molecule has 5 heteroatoms. The average Bonchev–Trinajstić information content (AvgIpc) is 2.85. The molecule has 0 atom stereocenters. The lowest BCUT2D eigenvalue weighted by Crippen LogP contribution is -2.31. The summed E-state index contributed by atoms with van der Waals surface area (Å²) in [4.78, 5) is 28.6. The van der Waals surface area contributed by atoms with Crippen molar-refractivity contribution in [2.75, 3.05) is 12.0 Å². The van der Waals surface area contributed by atoms with E-state index >= 15 is 0 Å². The lowest BCUT2D eigenvalue weighted by atomic mass is 9.98. The number of amides is 2. The third-order valence-corrected chi connectivity index (χ3v) is 5.71. The van der Waals surface area contributed by atoms with Crippen LogP contribution in [0.25, 0.3) is 5.57 Å². The van der Waals surface area contributed by atoms with Crippen molar-refractivity contribution in [2.45, 2.75) is 39.9 Å². The van der Waals surface area contributed by atoms with Crippen LogP contribution in [0, 0.1) is 20.8 Å². The van der Waals surface area contributed by atoms with E-state index in [0.717, 1.165) is 22.3 Å². The maximum atomic E-state index is 13.5. The first-order valence-electron chi connectivity index (χ1n) is 9.26. The first-order valence-corrected chi connectivity index (χ1v) is 10.1. The van der Waals surface area contributed by atoms with Gasteiger partial charge in [0.15, 0.2) is 0 Å². The molecule has 4 nitrogen and oxygen atoms in total. The van der Waals surface area contributed by atoms with Crippen LogP contribution in [-0.2, 0) is 9.59 Å². The molecule has 0 unspecified atom stereocenters. The summed E-state index contributed by atoms with van der Waals surface area (Å²) in [6.45, 7) is 9.95. The molecule has 0 saturated heterocycles. The quantitative estimate of drug-likeness (QED) is 0.665. The largest absolute Gasteiger partial charge is 0.495 e. The molecule has 0 aromatic heterocycles. The number of aryl methyl sites for hydroxylation is 3. The van der Waals surface area contributed by atoms with Crippen LogP contribution in [0.2, 0.25) is 0 Å². The Kier molecular flexibility index (Phi) is 5.66. The smallest absolute Gasteiger partial charge is 0.272 e. The molecule has 1 aliphatic heterocycles. The summed E-state index contributed by atoms with van der Waals surface area (Å²) < 4.78 is 5.43. The van der Waals surface area contributed by atoms with E-state index in [1.165, 1.54) is 16.7 Å². The summed E-state index contributed by atoms with van der Waals surface area (Å²) in [5.74, 6) is -0.0883. The second kappa shape index (κ2) is 7.84. The topological polar surface area (TPSA) is 46.6 Å². The molecule has 28 heavy (non-hydrogen) atoms. The van der Waals surface area contributed by atoms with Crippen LogP contribution in [-0.4, -0.2) is 24.2 Å². The molecule has 0 N–H and O–H groups in total. The van der Waals surface area contributed by atoms with Gasteiger partial charge in [0.2, 0.25) is 0 Å². The van der Waals surface area contributed by atoms with Crippen LogP contribution in [0.1, 0.15) is 36.1 Å². The van der Waals surface area contributed by atoms with E-state index in [4.69, 9.17) is 4.74 Å². The molecule has 3 rings (SSSR count). The zero-order chi connectivity index (χ0) is 20.6. The van der Waals surface area contributed by atoms with Crippen LogP contribution in [0.5, 0.6) is 5.75 Å². The lowest BCUT2D eigenvalue weighted by Gasteiger charge is -2.19. The monoisotopic (exact) mass is 395 g/mol. The van der Waals surface area contributed by atoms with Crippen molar-refractivity contribution in [2.24, 2.45) is 0 Å². The van der Waals surface area contributed by atoms with Crippen molar-refractivity contribution in [3.05, 3.63) is 63.6 Å². The fraction of sp³-hybridized carbons (Fsp3) is 0.304. The van der Waals surface area contributed by atoms with Crippen molar-refractivity contribution < 1.29 is 14.3 Å². The second-order valence-corrected chi connectivity index (χ2v) is 8.90. The Morgan fingerprint density at radius 2 is 1.57 bits per heavy atom. The Labute approximate surface area is 170 Å². The van der Waals surface area contributed by atoms with Gasteiger partial charge < -0.3 is 4.74 Å². The second-order valence-electron chi connectivity index (χ2n) is 7.31. The predicted molar refractivity (Wildman–Crippen MR) is 116 cm³/mol. The maximum Gasteiger partial charge on any atom is 0.272 e. The van der Waals surface area contributed by atoms with Gasteiger partial charge in [0.05, 0.1) is 23.3 Å². The Hall–Kier alpha value is -2.53. The first kappa shape index (κ1) is 20.2. The SMILES string of the molecule is COc1ccc(C)cc1N1C(=O)C(SC(C)C)=C(c2ccc(C)cc2C)C1=O. The molecule has 0 aliphatic carbocycles. The molecule has 1 aliphatic rings. The predicted octanol–water partition coefficient (Wildman–Crippen LogP) is 5.05. The molecule has 0 bridgehead atoms. The minimum absolute atomic E-state index is 0.173. The van der Waals surface area contributed by atoms with Gasteiger partial charge in [0, 0.05) is 5.25 Å². The number of hydrogen-bond acceptors (Lipinski definition) is 4. The number of ether oxygens (including phenoxy) is 1. The van der Waals surface area contributed by atoms with Gasteiger partial charge in [-0.1, -0.05) is 43.7 Å². The number of benzene rings is 2. The molecule has 0 saturated carbocycles. The molecule has 0 spiro atoms. The summed E-state index contributed by atoms with van der Waals surface area (Å²) >= 11 is 1.43. The van der Waals surface area contributed by atoms with Gasteiger partial charge in [-0.05, 0) is 49.6 Å². The number of anilines is 1. The summed E-state index contributed by atoms with van der Waals surface area (Å²) in [6.07, 6.45) is 0. The van der Waals surface area contributed by atoms with E-state index in [1.807, 2.05) is 65.0 Å². The minimum Gasteiger partial charge on any atom is -0.495 e. The van der Waals surface area contributed by atoms with Crippen LogP contribution < -0.4 is 9.64 Å². The van der Waals surface area contributed by atoms with Crippen LogP contribution in [0.4, 0.5) is 5.69 Å². The Morgan fingerprint density at radius 1 is 0.929 bits per heavy atom. The molecule has 0 fully saturated rings. The standard InChI is InChI=1S/C23H25NO3S/c1-13(2)28-21-20(17-9-7-14(3)11-16(17)5)22(25)24(23(21)26)18-12-15(4)8-10-19(18)27-6/h7-13H,1-6H3. The van der Waals surface area contributed by atoms with E-state index in [9.17, 15) is 9.59 Å². The highest BCUT2D eigenvalue weighted by Crippen LogP contribution is 2.43. The van der Waals surface area contributed by atoms with Gasteiger partial charge in [0.25, 0.3) is 11.8 Å². The number of thioether (sulfide) groups is 1. The summed E-state index contributed by atoms with van der Waals surface area (Å²) in [5, 5.41) is 0.173. The number of rotatable bonds is 5. The molecule has 0 radical (unpaired) electrons. The van der Waals surface area contributed by atoms with E-state index in [2.05, 4.69) is 0 Å². The Morgan fingerprint density at radius 3 is 2.18 bits per heavy atom. The van der Waals surface area contributed by atoms with Crippen molar-refractivity contribution in [3.63, 3.8) is 0 Å². The summed E-state index contributed by atoms with van der Waals surface area (Å²) in [5.41, 5.74) is 4.82. The highest BCUT2D eigenvalue weighted by atomic mass is 32.2. The zero-order valence-electron chi connectivity index (χ0n) is 17.1. The molecular weight excluding hydrogens is 370 g/mol. The highest BCUT2D eigenvalue weighted by Gasteiger charge is 2.42. The number of hydrogen-bond donors (Lipinski definition) is 0. The van der Waals surface area contributed by atoms with E-state index < -0.39 is 0 Å². The summed E-state index contributed by atoms with van der Waals surface area (Å²) in [7, 11) is 1.54. The van der Waals surface area contributed by atoms with Crippen LogP contribution >= 0.6 is 11.8 Å². The van der Waals surface area contributed by atoms with Crippen molar-refractivity contribution in [1.29, 1.82) is 0 Å². The van der Waals surface area contributed by atoms with E-state index in [-0.39, 0.29) is 17.1 Å². The van der Waals surface area contributed by atoms with Crippen LogP contribution in [0.3, 0.4) is 0 Å². The normalized spacial score (nSPS) is 14.5. The number of carbonyl (C=O) groups is 2. The van der Waals surface area contributed by atoms with Crippen LogP contribution in [0.15, 0.2) is 41.3 Å². The minimum atomic E-state index is -0.302. The van der Waals surface area contributed by atoms with Gasteiger partial charge >= 0.3 is 0 Å². The molecule has 2 aromatic carbocycles. The maximum absolute atomic E-state index is 13.5.